The fourth-order valence-electron chi connectivity index (χ4n) is 5.71. The van der Waals surface area contributed by atoms with Crippen molar-refractivity contribution in [1.29, 1.82) is 0 Å². The van der Waals surface area contributed by atoms with Gasteiger partial charge in [0, 0.05) is 36.9 Å². The Labute approximate surface area is 254 Å². The zero-order chi connectivity index (χ0) is 28.6. The van der Waals surface area contributed by atoms with E-state index in [9.17, 15) is 0 Å². The maximum absolute atomic E-state index is 5.14. The lowest BCUT2D eigenvalue weighted by Crippen LogP contribution is -1.96. The Morgan fingerprint density at radius 2 is 0.860 bits per heavy atom. The van der Waals surface area contributed by atoms with E-state index in [1.165, 1.54) is 31.3 Å². The van der Waals surface area contributed by atoms with Crippen molar-refractivity contribution in [2.45, 2.75) is 0 Å². The van der Waals surface area contributed by atoms with Gasteiger partial charge in [0.25, 0.3) is 0 Å². The number of fused-ring (bicyclic) bond motifs is 3. The molecule has 0 saturated heterocycles. The van der Waals surface area contributed by atoms with Crippen molar-refractivity contribution < 1.29 is 0 Å². The summed E-state index contributed by atoms with van der Waals surface area (Å²) >= 11 is 1.85. The minimum atomic E-state index is 0.717. The van der Waals surface area contributed by atoms with Crippen molar-refractivity contribution >= 4 is 31.5 Å². The molecule has 202 valence electrons. The fourth-order valence-corrected chi connectivity index (χ4v) is 6.80. The molecule has 2 heterocycles. The summed E-state index contributed by atoms with van der Waals surface area (Å²) in [5, 5.41) is 2.60. The normalized spacial score (nSPS) is 11.3. The molecule has 8 rings (SSSR count). The number of hydrogen-bond donors (Lipinski definition) is 0. The van der Waals surface area contributed by atoms with Crippen molar-refractivity contribution in [1.82, 2.24) is 9.97 Å². The summed E-state index contributed by atoms with van der Waals surface area (Å²) in [6, 6.07) is 55.6. The molecule has 0 amide bonds. The molecule has 0 spiro atoms. The van der Waals surface area contributed by atoms with Gasteiger partial charge in [0.1, 0.15) is 0 Å². The van der Waals surface area contributed by atoms with Gasteiger partial charge >= 0.3 is 0 Å². The third kappa shape index (κ3) is 4.90. The number of hydrogen-bond acceptors (Lipinski definition) is 3. The quantitative estimate of drug-likeness (QED) is 0.207. The second-order valence-corrected chi connectivity index (χ2v) is 11.8. The Hall–Kier alpha value is -5.38. The van der Waals surface area contributed by atoms with Gasteiger partial charge in [-0.25, -0.2) is 9.97 Å². The fraction of sp³-hybridized carbons (Fsp3) is 0. The summed E-state index contributed by atoms with van der Waals surface area (Å²) in [5.74, 6) is 0.717. The van der Waals surface area contributed by atoms with Crippen LogP contribution >= 0.6 is 11.3 Å². The van der Waals surface area contributed by atoms with Crippen molar-refractivity contribution in [3.63, 3.8) is 0 Å². The molecule has 8 aromatic rings. The van der Waals surface area contributed by atoms with E-state index in [0.717, 1.165) is 45.0 Å². The van der Waals surface area contributed by atoms with E-state index >= 15 is 0 Å². The maximum atomic E-state index is 5.14. The molecule has 6 aromatic carbocycles. The number of benzene rings is 6. The van der Waals surface area contributed by atoms with Gasteiger partial charge in [-0.3, -0.25) is 0 Å². The first kappa shape index (κ1) is 25.3. The summed E-state index contributed by atoms with van der Waals surface area (Å²) in [6.07, 6.45) is 0. The standard InChI is InChI=1S/C40H26N2S/c1-4-12-27(13-5-1)31-22-32(30-20-21-39-35(25-30)34-18-10-11-19-38(34)43-39)24-33(23-31)37-26-36(28-14-6-2-7-15-28)41-40(42-37)29-16-8-3-9-17-29/h1-26H. The predicted molar refractivity (Wildman–Crippen MR) is 182 cm³/mol. The highest BCUT2D eigenvalue weighted by Gasteiger charge is 2.14. The molecule has 0 unspecified atom stereocenters. The van der Waals surface area contributed by atoms with Gasteiger partial charge in [-0.05, 0) is 64.7 Å². The molecule has 0 N–H and O–H groups in total. The van der Waals surface area contributed by atoms with E-state index in [0.29, 0.717) is 0 Å². The van der Waals surface area contributed by atoms with Crippen LogP contribution in [0.3, 0.4) is 0 Å². The van der Waals surface area contributed by atoms with Gasteiger partial charge in [0.15, 0.2) is 5.82 Å². The molecular formula is C40H26N2S. The molecule has 3 heteroatoms. The summed E-state index contributed by atoms with van der Waals surface area (Å²) in [5.41, 5.74) is 9.61. The first-order chi connectivity index (χ1) is 21.3. The molecule has 0 aliphatic heterocycles. The van der Waals surface area contributed by atoms with Crippen molar-refractivity contribution in [3.8, 4) is 56.2 Å². The van der Waals surface area contributed by atoms with Gasteiger partial charge in [-0.1, -0.05) is 115 Å². The third-order valence-electron chi connectivity index (χ3n) is 7.87. The van der Waals surface area contributed by atoms with Crippen molar-refractivity contribution in [2.24, 2.45) is 0 Å². The average Bonchev–Trinajstić information content (AvgIpc) is 3.47. The molecule has 0 fully saturated rings. The zero-order valence-electron chi connectivity index (χ0n) is 23.3. The van der Waals surface area contributed by atoms with Crippen LogP contribution in [0.5, 0.6) is 0 Å². The van der Waals surface area contributed by atoms with E-state index in [-0.39, 0.29) is 0 Å². The van der Waals surface area contributed by atoms with Crippen LogP contribution in [0.15, 0.2) is 158 Å². The van der Waals surface area contributed by atoms with Gasteiger partial charge in [0.05, 0.1) is 11.4 Å². The number of nitrogens with zero attached hydrogens (tertiary/aromatic N) is 2. The summed E-state index contributed by atoms with van der Waals surface area (Å²) < 4.78 is 2.62. The predicted octanol–water partition coefficient (Wildman–Crippen LogP) is 11.2. The third-order valence-corrected chi connectivity index (χ3v) is 9.03. The van der Waals surface area contributed by atoms with Crippen molar-refractivity contribution in [2.75, 3.05) is 0 Å². The molecule has 0 aliphatic carbocycles. The molecule has 2 aromatic heterocycles. The second-order valence-electron chi connectivity index (χ2n) is 10.7. The van der Waals surface area contributed by atoms with E-state index in [1.807, 2.05) is 35.6 Å². The maximum Gasteiger partial charge on any atom is 0.160 e. The molecule has 0 aliphatic rings. The lowest BCUT2D eigenvalue weighted by molar-refractivity contribution is 1.18. The molecule has 2 nitrogen and oxygen atoms in total. The van der Waals surface area contributed by atoms with Crippen molar-refractivity contribution in [3.05, 3.63) is 158 Å². The summed E-state index contributed by atoms with van der Waals surface area (Å²) in [6.45, 7) is 0. The Balaban J connectivity index is 1.35. The Bertz CT molecular complexity index is 2160. The lowest BCUT2D eigenvalue weighted by Gasteiger charge is -2.13. The van der Waals surface area contributed by atoms with Gasteiger partial charge in [-0.15, -0.1) is 11.3 Å². The van der Waals surface area contributed by atoms with Gasteiger partial charge in [-0.2, -0.15) is 0 Å². The monoisotopic (exact) mass is 566 g/mol. The van der Waals surface area contributed by atoms with Crippen LogP contribution in [-0.2, 0) is 0 Å². The molecule has 0 atom stereocenters. The van der Waals surface area contributed by atoms with Crippen LogP contribution in [0, 0.1) is 0 Å². The number of thiophene rings is 1. The first-order valence-corrected chi connectivity index (χ1v) is 15.2. The lowest BCUT2D eigenvalue weighted by atomic mass is 9.94. The largest absolute Gasteiger partial charge is 0.228 e. The van der Waals surface area contributed by atoms with E-state index in [1.54, 1.807) is 0 Å². The van der Waals surface area contributed by atoms with E-state index < -0.39 is 0 Å². The first-order valence-electron chi connectivity index (χ1n) is 14.4. The topological polar surface area (TPSA) is 25.8 Å². The van der Waals surface area contributed by atoms with Crippen LogP contribution in [-0.4, -0.2) is 9.97 Å². The Kier molecular flexibility index (Phi) is 6.36. The smallest absolute Gasteiger partial charge is 0.160 e. The molecule has 0 radical (unpaired) electrons. The summed E-state index contributed by atoms with van der Waals surface area (Å²) in [4.78, 5) is 10.1. The molecule has 43 heavy (non-hydrogen) atoms. The van der Waals surface area contributed by atoms with Gasteiger partial charge in [0.2, 0.25) is 0 Å². The number of aromatic nitrogens is 2. The minimum Gasteiger partial charge on any atom is -0.228 e. The van der Waals surface area contributed by atoms with Crippen LogP contribution in [0.4, 0.5) is 0 Å². The van der Waals surface area contributed by atoms with E-state index in [2.05, 4.69) is 133 Å². The highest BCUT2D eigenvalue weighted by Crippen LogP contribution is 2.39. The summed E-state index contributed by atoms with van der Waals surface area (Å²) in [7, 11) is 0. The Morgan fingerprint density at radius 3 is 1.58 bits per heavy atom. The van der Waals surface area contributed by atoms with Crippen LogP contribution in [0.1, 0.15) is 0 Å². The zero-order valence-corrected chi connectivity index (χ0v) is 24.1. The van der Waals surface area contributed by atoms with Gasteiger partial charge < -0.3 is 0 Å². The second kappa shape index (κ2) is 10.8. The average molecular weight is 567 g/mol. The highest BCUT2D eigenvalue weighted by atomic mass is 32.1. The van der Waals surface area contributed by atoms with Crippen LogP contribution < -0.4 is 0 Å². The SMILES string of the molecule is c1ccc(-c2cc(-c3ccc4sc5ccccc5c4c3)cc(-c3cc(-c4ccccc4)nc(-c4ccccc4)n3)c2)cc1. The number of rotatable bonds is 5. The Morgan fingerprint density at radius 1 is 0.326 bits per heavy atom. The van der Waals surface area contributed by atoms with Crippen LogP contribution in [0.25, 0.3) is 76.3 Å². The minimum absolute atomic E-state index is 0.717. The molecule has 0 bridgehead atoms. The molecule has 0 saturated carbocycles. The highest BCUT2D eigenvalue weighted by molar-refractivity contribution is 7.25. The molecular weight excluding hydrogens is 541 g/mol. The van der Waals surface area contributed by atoms with Crippen LogP contribution in [0.2, 0.25) is 0 Å². The van der Waals surface area contributed by atoms with E-state index in [4.69, 9.17) is 9.97 Å².